The second-order valence-corrected chi connectivity index (χ2v) is 5.81. The Morgan fingerprint density at radius 3 is 2.52 bits per heavy atom. The first-order chi connectivity index (χ1) is 11.7. The monoisotopic (exact) mass is 458 g/mol. The Hall–Kier alpha value is -1.84. The number of rotatable bonds is 5. The molecule has 0 radical (unpaired) electrons. The maximum absolute atomic E-state index is 13.0. The van der Waals surface area contributed by atoms with Crippen molar-refractivity contribution in [3.05, 3.63) is 48.5 Å². The summed E-state index contributed by atoms with van der Waals surface area (Å²) in [5.41, 5.74) is 7.14. The number of halogens is 2. The number of guanidine groups is 1. The number of aryl methyl sites for hydroxylation is 1. The number of hydrogen-bond donors (Lipinski definition) is 1. The zero-order valence-corrected chi connectivity index (χ0v) is 16.4. The van der Waals surface area contributed by atoms with E-state index < -0.39 is 0 Å². The van der Waals surface area contributed by atoms with E-state index >= 15 is 0 Å². The Morgan fingerprint density at radius 2 is 1.88 bits per heavy atom. The fraction of sp³-hybridized carbons (Fsp3) is 0.412. The Morgan fingerprint density at radius 1 is 1.16 bits per heavy atom. The zero-order valence-electron chi connectivity index (χ0n) is 14.1. The second kappa shape index (κ2) is 9.59. The van der Waals surface area contributed by atoms with Crippen molar-refractivity contribution in [2.45, 2.75) is 13.0 Å². The molecule has 0 bridgehead atoms. The van der Waals surface area contributed by atoms with Crippen molar-refractivity contribution in [3.63, 3.8) is 0 Å². The fourth-order valence-corrected chi connectivity index (χ4v) is 2.80. The van der Waals surface area contributed by atoms with E-state index in [1.165, 1.54) is 12.1 Å². The van der Waals surface area contributed by atoms with Crippen LogP contribution in [0.15, 0.2) is 47.7 Å². The summed E-state index contributed by atoms with van der Waals surface area (Å²) in [6.45, 7) is 4.91. The highest BCUT2D eigenvalue weighted by Crippen LogP contribution is 2.16. The molecular formula is C17H24FIN6. The summed E-state index contributed by atoms with van der Waals surface area (Å²) in [5.74, 6) is 0.401. The molecule has 1 aliphatic rings. The number of hydrogen-bond acceptors (Lipinski definition) is 3. The van der Waals surface area contributed by atoms with E-state index in [4.69, 9.17) is 5.73 Å². The predicted molar refractivity (Wildman–Crippen MR) is 109 cm³/mol. The SMILES string of the molecule is I.NC(=NCCCn1cccn1)N1CCN(c2ccc(F)cc2)CC1. The maximum Gasteiger partial charge on any atom is 0.191 e. The van der Waals surface area contributed by atoms with Gasteiger partial charge in [-0.3, -0.25) is 9.67 Å². The van der Waals surface area contributed by atoms with Gasteiger partial charge in [0.05, 0.1) is 0 Å². The van der Waals surface area contributed by atoms with E-state index in [-0.39, 0.29) is 29.8 Å². The van der Waals surface area contributed by atoms with Gasteiger partial charge < -0.3 is 15.5 Å². The van der Waals surface area contributed by atoms with E-state index in [1.807, 2.05) is 29.1 Å². The number of piperazine rings is 1. The van der Waals surface area contributed by atoms with Crippen LogP contribution in [0.4, 0.5) is 10.1 Å². The van der Waals surface area contributed by atoms with Gasteiger partial charge in [0, 0.05) is 57.3 Å². The number of aliphatic imine (C=N–C) groups is 1. The van der Waals surface area contributed by atoms with E-state index in [0.717, 1.165) is 44.8 Å². The van der Waals surface area contributed by atoms with Crippen LogP contribution in [-0.4, -0.2) is 53.4 Å². The third kappa shape index (κ3) is 5.58. The highest BCUT2D eigenvalue weighted by Gasteiger charge is 2.18. The minimum Gasteiger partial charge on any atom is -0.370 e. The summed E-state index contributed by atoms with van der Waals surface area (Å²) in [7, 11) is 0. The zero-order chi connectivity index (χ0) is 16.8. The number of anilines is 1. The maximum atomic E-state index is 13.0. The molecule has 1 saturated heterocycles. The Kier molecular flexibility index (Phi) is 7.48. The van der Waals surface area contributed by atoms with Crippen LogP contribution in [0.3, 0.4) is 0 Å². The summed E-state index contributed by atoms with van der Waals surface area (Å²) >= 11 is 0. The smallest absolute Gasteiger partial charge is 0.191 e. The van der Waals surface area contributed by atoms with Gasteiger partial charge in [-0.2, -0.15) is 5.10 Å². The van der Waals surface area contributed by atoms with Crippen LogP contribution in [0.25, 0.3) is 0 Å². The lowest BCUT2D eigenvalue weighted by atomic mass is 10.2. The van der Waals surface area contributed by atoms with E-state index in [0.29, 0.717) is 12.5 Å². The van der Waals surface area contributed by atoms with E-state index in [2.05, 4.69) is 19.9 Å². The van der Waals surface area contributed by atoms with Crippen molar-refractivity contribution in [3.8, 4) is 0 Å². The molecular weight excluding hydrogens is 434 g/mol. The van der Waals surface area contributed by atoms with Crippen LogP contribution in [0.1, 0.15) is 6.42 Å². The largest absolute Gasteiger partial charge is 0.370 e. The van der Waals surface area contributed by atoms with Crippen molar-refractivity contribution < 1.29 is 4.39 Å². The second-order valence-electron chi connectivity index (χ2n) is 5.81. The molecule has 2 N–H and O–H groups in total. The third-order valence-corrected chi connectivity index (χ3v) is 4.17. The van der Waals surface area contributed by atoms with Crippen LogP contribution in [0, 0.1) is 5.82 Å². The van der Waals surface area contributed by atoms with Gasteiger partial charge in [0.15, 0.2) is 5.96 Å². The molecule has 0 aliphatic carbocycles. The number of aromatic nitrogens is 2. The molecule has 8 heteroatoms. The minimum absolute atomic E-state index is 0. The molecule has 0 atom stereocenters. The van der Waals surface area contributed by atoms with Crippen molar-refractivity contribution >= 4 is 35.6 Å². The average molecular weight is 458 g/mol. The van der Waals surface area contributed by atoms with Gasteiger partial charge in [-0.05, 0) is 36.8 Å². The van der Waals surface area contributed by atoms with Gasteiger partial charge in [0.2, 0.25) is 0 Å². The molecule has 6 nitrogen and oxygen atoms in total. The summed E-state index contributed by atoms with van der Waals surface area (Å²) in [5, 5.41) is 4.16. The van der Waals surface area contributed by atoms with Crippen LogP contribution in [0.2, 0.25) is 0 Å². The summed E-state index contributed by atoms with van der Waals surface area (Å²) in [6, 6.07) is 8.54. The van der Waals surface area contributed by atoms with Crippen molar-refractivity contribution in [2.24, 2.45) is 10.7 Å². The minimum atomic E-state index is -0.205. The molecule has 3 rings (SSSR count). The molecule has 0 spiro atoms. The highest BCUT2D eigenvalue weighted by molar-refractivity contribution is 14.0. The van der Waals surface area contributed by atoms with Crippen LogP contribution in [-0.2, 0) is 6.54 Å². The normalized spacial score (nSPS) is 15.2. The van der Waals surface area contributed by atoms with Crippen molar-refractivity contribution in [1.29, 1.82) is 0 Å². The van der Waals surface area contributed by atoms with Gasteiger partial charge in [-0.25, -0.2) is 4.39 Å². The molecule has 1 aliphatic heterocycles. The standard InChI is InChI=1S/C17H23FN6.HI/c18-15-3-5-16(6-4-15)22-11-13-23(14-12-22)17(19)20-7-1-9-24-10-2-8-21-24;/h2-6,8,10H,1,7,9,11-14H2,(H2,19,20);1H. The Balaban J connectivity index is 0.00000225. The first-order valence-corrected chi connectivity index (χ1v) is 8.25. The number of benzene rings is 1. The molecule has 1 aromatic carbocycles. The third-order valence-electron chi connectivity index (χ3n) is 4.17. The van der Waals surface area contributed by atoms with Crippen LogP contribution in [0.5, 0.6) is 0 Å². The van der Waals surface area contributed by atoms with Crippen LogP contribution >= 0.6 is 24.0 Å². The summed E-state index contributed by atoms with van der Waals surface area (Å²) in [6.07, 6.45) is 4.64. The quantitative estimate of drug-likeness (QED) is 0.323. The molecule has 2 aromatic rings. The first-order valence-electron chi connectivity index (χ1n) is 8.25. The van der Waals surface area contributed by atoms with Crippen molar-refractivity contribution in [2.75, 3.05) is 37.6 Å². The van der Waals surface area contributed by atoms with Gasteiger partial charge >= 0.3 is 0 Å². The number of nitrogens with two attached hydrogens (primary N) is 1. The molecule has 1 fully saturated rings. The highest BCUT2D eigenvalue weighted by atomic mass is 127. The summed E-state index contributed by atoms with van der Waals surface area (Å²) in [4.78, 5) is 8.81. The molecule has 0 unspecified atom stereocenters. The van der Waals surface area contributed by atoms with Gasteiger partial charge in [0.25, 0.3) is 0 Å². The Labute approximate surface area is 164 Å². The van der Waals surface area contributed by atoms with Gasteiger partial charge in [0.1, 0.15) is 5.82 Å². The van der Waals surface area contributed by atoms with Crippen molar-refractivity contribution in [1.82, 2.24) is 14.7 Å². The summed E-state index contributed by atoms with van der Waals surface area (Å²) < 4.78 is 14.9. The fourth-order valence-electron chi connectivity index (χ4n) is 2.80. The molecule has 1 aromatic heterocycles. The van der Waals surface area contributed by atoms with Crippen LogP contribution < -0.4 is 10.6 Å². The molecule has 2 heterocycles. The van der Waals surface area contributed by atoms with Gasteiger partial charge in [-0.15, -0.1) is 24.0 Å². The molecule has 25 heavy (non-hydrogen) atoms. The van der Waals surface area contributed by atoms with E-state index in [9.17, 15) is 4.39 Å². The molecule has 0 saturated carbocycles. The first kappa shape index (κ1) is 19.5. The Bertz CT molecular complexity index is 650. The lowest BCUT2D eigenvalue weighted by Gasteiger charge is -2.36. The lowest BCUT2D eigenvalue weighted by Crippen LogP contribution is -2.51. The topological polar surface area (TPSA) is 62.7 Å². The lowest BCUT2D eigenvalue weighted by molar-refractivity contribution is 0.380. The number of nitrogens with zero attached hydrogens (tertiary/aromatic N) is 5. The average Bonchev–Trinajstić information content (AvgIpc) is 3.13. The van der Waals surface area contributed by atoms with Gasteiger partial charge in [-0.1, -0.05) is 0 Å². The van der Waals surface area contributed by atoms with E-state index in [1.54, 1.807) is 6.20 Å². The molecule has 136 valence electrons. The predicted octanol–water partition coefficient (Wildman–Crippen LogP) is 2.17. The molecule has 0 amide bonds.